The van der Waals surface area contributed by atoms with Crippen LogP contribution in [0.1, 0.15) is 15.9 Å². The van der Waals surface area contributed by atoms with Gasteiger partial charge in [-0.25, -0.2) is 0 Å². The zero-order valence-corrected chi connectivity index (χ0v) is 13.7. The number of alkyl halides is 3. The minimum absolute atomic E-state index is 0.0111. The molecule has 130 valence electrons. The van der Waals surface area contributed by atoms with E-state index in [1.54, 1.807) is 30.3 Å². The Kier molecular flexibility index (Phi) is 5.03. The van der Waals surface area contributed by atoms with Gasteiger partial charge in [0.05, 0.1) is 0 Å². The van der Waals surface area contributed by atoms with Gasteiger partial charge in [-0.2, -0.15) is 13.2 Å². The summed E-state index contributed by atoms with van der Waals surface area (Å²) in [6, 6.07) is 23.6. The molecule has 0 bridgehead atoms. The van der Waals surface area contributed by atoms with Crippen molar-refractivity contribution < 1.29 is 18.0 Å². The molecule has 0 spiro atoms. The van der Waals surface area contributed by atoms with Crippen LogP contribution >= 0.6 is 0 Å². The Bertz CT molecular complexity index is 909. The monoisotopic (exact) mass is 352 g/mol. The first kappa shape index (κ1) is 17.7. The summed E-state index contributed by atoms with van der Waals surface area (Å²) in [6.45, 7) is 0. The van der Waals surface area contributed by atoms with Gasteiger partial charge in [-0.1, -0.05) is 84.9 Å². The summed E-state index contributed by atoms with van der Waals surface area (Å²) in [4.78, 5) is 12.3. The first-order chi connectivity index (χ1) is 12.4. The maximum Gasteiger partial charge on any atom is 0.420 e. The van der Waals surface area contributed by atoms with Crippen molar-refractivity contribution in [1.82, 2.24) is 0 Å². The molecule has 0 aliphatic heterocycles. The molecule has 0 saturated carbocycles. The van der Waals surface area contributed by atoms with Crippen LogP contribution in [0.5, 0.6) is 0 Å². The number of Topliss-reactive ketones (excluding diaryl/α,β-unsaturated/α-hetero) is 1. The number of hydrogen-bond acceptors (Lipinski definition) is 1. The molecule has 0 amide bonds. The molecule has 4 heteroatoms. The number of allylic oxidation sites excluding steroid dienone is 1. The van der Waals surface area contributed by atoms with Crippen LogP contribution in [0, 0.1) is 0 Å². The van der Waals surface area contributed by atoms with Gasteiger partial charge in [-0.3, -0.25) is 4.79 Å². The summed E-state index contributed by atoms with van der Waals surface area (Å²) in [6.07, 6.45) is -3.84. The van der Waals surface area contributed by atoms with Gasteiger partial charge in [0.1, 0.15) is 5.57 Å². The third-order valence-corrected chi connectivity index (χ3v) is 3.91. The highest BCUT2D eigenvalue weighted by atomic mass is 19.4. The van der Waals surface area contributed by atoms with Crippen LogP contribution < -0.4 is 0 Å². The van der Waals surface area contributed by atoms with Crippen molar-refractivity contribution in [1.29, 1.82) is 0 Å². The maximum atomic E-state index is 13.4. The molecule has 0 N–H and O–H groups in total. The molecular weight excluding hydrogens is 337 g/mol. The quantitative estimate of drug-likeness (QED) is 0.405. The van der Waals surface area contributed by atoms with E-state index >= 15 is 0 Å². The van der Waals surface area contributed by atoms with Crippen LogP contribution in [0.4, 0.5) is 13.2 Å². The third kappa shape index (κ3) is 4.09. The Labute approximate surface area is 149 Å². The van der Waals surface area contributed by atoms with Gasteiger partial charge in [0.2, 0.25) is 0 Å². The summed E-state index contributed by atoms with van der Waals surface area (Å²) in [5.41, 5.74) is 1.01. The first-order valence-corrected chi connectivity index (χ1v) is 7.99. The number of carbonyl (C=O) groups excluding carboxylic acids is 1. The van der Waals surface area contributed by atoms with Crippen LogP contribution in [0.25, 0.3) is 17.2 Å². The summed E-state index contributed by atoms with van der Waals surface area (Å²) >= 11 is 0. The van der Waals surface area contributed by atoms with Crippen LogP contribution in [-0.4, -0.2) is 12.0 Å². The lowest BCUT2D eigenvalue weighted by Gasteiger charge is -2.11. The lowest BCUT2D eigenvalue weighted by molar-refractivity contribution is -0.0878. The van der Waals surface area contributed by atoms with E-state index in [0.29, 0.717) is 5.56 Å². The van der Waals surface area contributed by atoms with Crippen molar-refractivity contribution in [3.8, 4) is 11.1 Å². The second-order valence-electron chi connectivity index (χ2n) is 5.74. The Balaban J connectivity index is 1.95. The number of carbonyl (C=O) groups is 1. The molecular formula is C22H15F3O. The van der Waals surface area contributed by atoms with E-state index in [-0.39, 0.29) is 5.56 Å². The SMILES string of the molecule is O=C(/C(=C\c1ccc(-c2ccccc2)cc1)C(F)(F)F)c1ccccc1. The van der Waals surface area contributed by atoms with E-state index in [1.807, 2.05) is 30.3 Å². The van der Waals surface area contributed by atoms with Gasteiger partial charge in [-0.05, 0) is 22.8 Å². The van der Waals surface area contributed by atoms with E-state index in [9.17, 15) is 18.0 Å². The van der Waals surface area contributed by atoms with Crippen LogP contribution in [0.3, 0.4) is 0 Å². The smallest absolute Gasteiger partial charge is 0.289 e. The lowest BCUT2D eigenvalue weighted by atomic mass is 9.99. The second-order valence-corrected chi connectivity index (χ2v) is 5.74. The molecule has 0 atom stereocenters. The number of benzene rings is 3. The topological polar surface area (TPSA) is 17.1 Å². The number of rotatable bonds is 4. The second kappa shape index (κ2) is 7.40. The molecule has 3 rings (SSSR count). The van der Waals surface area contributed by atoms with Crippen molar-refractivity contribution in [3.63, 3.8) is 0 Å². The minimum Gasteiger partial charge on any atom is -0.289 e. The highest BCUT2D eigenvalue weighted by Gasteiger charge is 2.38. The summed E-state index contributed by atoms with van der Waals surface area (Å²) in [7, 11) is 0. The Hall–Kier alpha value is -3.14. The van der Waals surface area contributed by atoms with Gasteiger partial charge in [0.25, 0.3) is 0 Å². The summed E-state index contributed by atoms with van der Waals surface area (Å²) in [5.74, 6) is -1.04. The molecule has 0 aliphatic carbocycles. The van der Waals surface area contributed by atoms with Crippen molar-refractivity contribution in [2.24, 2.45) is 0 Å². The van der Waals surface area contributed by atoms with Gasteiger partial charge in [-0.15, -0.1) is 0 Å². The normalized spacial score (nSPS) is 12.0. The molecule has 0 saturated heterocycles. The van der Waals surface area contributed by atoms with Crippen LogP contribution in [0.2, 0.25) is 0 Å². The zero-order valence-electron chi connectivity index (χ0n) is 13.7. The average Bonchev–Trinajstić information content (AvgIpc) is 2.66. The molecule has 0 heterocycles. The number of hydrogen-bond donors (Lipinski definition) is 0. The number of halogens is 3. The molecule has 26 heavy (non-hydrogen) atoms. The van der Waals surface area contributed by atoms with E-state index in [1.165, 1.54) is 24.3 Å². The maximum absolute atomic E-state index is 13.4. The van der Waals surface area contributed by atoms with E-state index < -0.39 is 17.5 Å². The summed E-state index contributed by atoms with van der Waals surface area (Å²) in [5, 5.41) is 0. The van der Waals surface area contributed by atoms with Gasteiger partial charge in [0, 0.05) is 5.56 Å². The predicted molar refractivity (Wildman–Crippen MR) is 96.7 cm³/mol. The Morgan fingerprint density at radius 2 is 1.19 bits per heavy atom. The lowest BCUT2D eigenvalue weighted by Crippen LogP contribution is -2.20. The van der Waals surface area contributed by atoms with E-state index in [0.717, 1.165) is 17.2 Å². The van der Waals surface area contributed by atoms with Gasteiger partial charge < -0.3 is 0 Å². The number of ketones is 1. The molecule has 1 nitrogen and oxygen atoms in total. The van der Waals surface area contributed by atoms with Crippen LogP contribution in [-0.2, 0) is 0 Å². The van der Waals surface area contributed by atoms with Gasteiger partial charge >= 0.3 is 6.18 Å². The van der Waals surface area contributed by atoms with Crippen LogP contribution in [0.15, 0.2) is 90.5 Å². The molecule has 3 aromatic carbocycles. The van der Waals surface area contributed by atoms with E-state index in [4.69, 9.17) is 0 Å². The summed E-state index contributed by atoms with van der Waals surface area (Å²) < 4.78 is 40.2. The van der Waals surface area contributed by atoms with Gasteiger partial charge in [0.15, 0.2) is 5.78 Å². The Morgan fingerprint density at radius 1 is 0.692 bits per heavy atom. The fourth-order valence-corrected chi connectivity index (χ4v) is 2.59. The highest BCUT2D eigenvalue weighted by Crippen LogP contribution is 2.31. The minimum atomic E-state index is -4.73. The molecule has 0 fully saturated rings. The zero-order chi connectivity index (χ0) is 18.6. The third-order valence-electron chi connectivity index (χ3n) is 3.91. The molecule has 0 aliphatic rings. The average molecular weight is 352 g/mol. The van der Waals surface area contributed by atoms with Crippen molar-refractivity contribution in [2.45, 2.75) is 6.18 Å². The predicted octanol–water partition coefficient (Wildman–Crippen LogP) is 6.18. The fraction of sp³-hybridized carbons (Fsp3) is 0.0455. The van der Waals surface area contributed by atoms with E-state index in [2.05, 4.69) is 0 Å². The fourth-order valence-electron chi connectivity index (χ4n) is 2.59. The molecule has 0 aromatic heterocycles. The van der Waals surface area contributed by atoms with Crippen molar-refractivity contribution in [3.05, 3.63) is 102 Å². The molecule has 3 aromatic rings. The highest BCUT2D eigenvalue weighted by molar-refractivity contribution is 6.12. The van der Waals surface area contributed by atoms with Crippen molar-refractivity contribution >= 4 is 11.9 Å². The largest absolute Gasteiger partial charge is 0.420 e. The molecule has 0 radical (unpaired) electrons. The molecule has 0 unspecified atom stereocenters. The first-order valence-electron chi connectivity index (χ1n) is 7.99. The Morgan fingerprint density at radius 3 is 1.73 bits per heavy atom. The van der Waals surface area contributed by atoms with Crippen molar-refractivity contribution in [2.75, 3.05) is 0 Å². The standard InChI is InChI=1S/C22H15F3O/c23-22(24,25)20(21(26)19-9-5-2-6-10-19)15-16-11-13-18(14-12-16)17-7-3-1-4-8-17/h1-15H/b20-15+.